The number of aryl methyl sites for hydroxylation is 1. The van der Waals surface area contributed by atoms with Gasteiger partial charge in [-0.2, -0.15) is 0 Å². The summed E-state index contributed by atoms with van der Waals surface area (Å²) in [5.74, 6) is 0.231. The smallest absolute Gasteiger partial charge is 0.242 e. The molecule has 0 aliphatic rings. The average molecular weight is 518 g/mol. The molecule has 8 nitrogen and oxygen atoms in total. The Morgan fingerprint density at radius 3 is 2.22 bits per heavy atom. The molecule has 0 heterocycles. The van der Waals surface area contributed by atoms with Crippen molar-refractivity contribution >= 4 is 27.5 Å². The molecule has 2 amide bonds. The molecular formula is C27H39N3O5S. The van der Waals surface area contributed by atoms with Gasteiger partial charge in [-0.3, -0.25) is 13.9 Å². The third kappa shape index (κ3) is 8.55. The summed E-state index contributed by atoms with van der Waals surface area (Å²) in [6, 6.07) is 13.9. The second-order valence-electron chi connectivity index (χ2n) is 9.15. The summed E-state index contributed by atoms with van der Waals surface area (Å²) >= 11 is 0. The second-order valence-corrected chi connectivity index (χ2v) is 11.1. The summed E-state index contributed by atoms with van der Waals surface area (Å²) in [7, 11) is -3.56. The molecule has 1 atom stereocenters. The highest BCUT2D eigenvalue weighted by Crippen LogP contribution is 2.23. The van der Waals surface area contributed by atoms with Crippen molar-refractivity contribution in [3.05, 3.63) is 59.7 Å². The quantitative estimate of drug-likeness (QED) is 0.435. The van der Waals surface area contributed by atoms with Crippen molar-refractivity contribution in [1.82, 2.24) is 10.2 Å². The van der Waals surface area contributed by atoms with Crippen molar-refractivity contribution in [1.29, 1.82) is 0 Å². The fourth-order valence-electron chi connectivity index (χ4n) is 3.84. The minimum Gasteiger partial charge on any atom is -0.494 e. The van der Waals surface area contributed by atoms with E-state index in [0.29, 0.717) is 31.0 Å². The maximum absolute atomic E-state index is 13.3. The molecule has 0 radical (unpaired) electrons. The second kappa shape index (κ2) is 13.3. The zero-order chi connectivity index (χ0) is 26.9. The number of carbonyl (C=O) groups excluding carboxylic acids is 2. The molecule has 0 aliphatic heterocycles. The summed E-state index contributed by atoms with van der Waals surface area (Å²) in [6.07, 6.45) is 1.56. The fraction of sp³-hybridized carbons (Fsp3) is 0.481. The van der Waals surface area contributed by atoms with E-state index in [4.69, 9.17) is 4.74 Å². The van der Waals surface area contributed by atoms with Crippen LogP contribution in [0.15, 0.2) is 48.5 Å². The first-order chi connectivity index (χ1) is 16.9. The molecule has 0 aromatic heterocycles. The number of carbonyl (C=O) groups is 2. The van der Waals surface area contributed by atoms with Gasteiger partial charge in [0.2, 0.25) is 21.8 Å². The van der Waals surface area contributed by atoms with Crippen LogP contribution in [0.5, 0.6) is 5.75 Å². The van der Waals surface area contributed by atoms with E-state index < -0.39 is 16.1 Å². The number of anilines is 1. The van der Waals surface area contributed by atoms with Gasteiger partial charge < -0.3 is 15.0 Å². The van der Waals surface area contributed by atoms with E-state index in [1.54, 1.807) is 36.1 Å². The van der Waals surface area contributed by atoms with Crippen LogP contribution in [0.25, 0.3) is 0 Å². The molecule has 198 valence electrons. The number of nitrogens with zero attached hydrogens (tertiary/aromatic N) is 2. The number of amides is 2. The summed E-state index contributed by atoms with van der Waals surface area (Å²) in [4.78, 5) is 27.7. The molecule has 9 heteroatoms. The number of benzene rings is 2. The fourth-order valence-corrected chi connectivity index (χ4v) is 4.80. The Balaban J connectivity index is 2.16. The minimum absolute atomic E-state index is 0.0483. The molecule has 0 saturated heterocycles. The lowest BCUT2D eigenvalue weighted by molar-refractivity contribution is -0.140. The van der Waals surface area contributed by atoms with E-state index in [1.807, 2.05) is 52.0 Å². The van der Waals surface area contributed by atoms with Gasteiger partial charge in [-0.15, -0.1) is 0 Å². The molecule has 0 saturated carbocycles. The van der Waals surface area contributed by atoms with Gasteiger partial charge in [0.25, 0.3) is 0 Å². The first-order valence-corrected chi connectivity index (χ1v) is 14.1. The van der Waals surface area contributed by atoms with Crippen molar-refractivity contribution < 1.29 is 22.7 Å². The molecule has 0 aliphatic carbocycles. The number of nitrogens with one attached hydrogen (secondary N) is 1. The van der Waals surface area contributed by atoms with E-state index in [9.17, 15) is 18.0 Å². The van der Waals surface area contributed by atoms with Gasteiger partial charge >= 0.3 is 0 Å². The molecule has 0 spiro atoms. The van der Waals surface area contributed by atoms with Crippen LogP contribution in [-0.4, -0.2) is 56.6 Å². The highest BCUT2D eigenvalue weighted by Gasteiger charge is 2.27. The van der Waals surface area contributed by atoms with Crippen LogP contribution in [-0.2, 0) is 26.2 Å². The lowest BCUT2D eigenvalue weighted by Gasteiger charge is -2.30. The molecular weight excluding hydrogens is 478 g/mol. The van der Waals surface area contributed by atoms with Crippen LogP contribution >= 0.6 is 0 Å². The third-order valence-electron chi connectivity index (χ3n) is 5.79. The van der Waals surface area contributed by atoms with Crippen LogP contribution in [0.1, 0.15) is 51.7 Å². The molecule has 0 fully saturated rings. The van der Waals surface area contributed by atoms with Crippen LogP contribution in [0.3, 0.4) is 0 Å². The minimum atomic E-state index is -3.56. The molecule has 2 aromatic carbocycles. The number of hydrogen-bond donors (Lipinski definition) is 1. The van der Waals surface area contributed by atoms with Crippen LogP contribution < -0.4 is 14.4 Å². The molecule has 36 heavy (non-hydrogen) atoms. The lowest BCUT2D eigenvalue weighted by Crippen LogP contribution is -2.49. The third-order valence-corrected chi connectivity index (χ3v) is 6.98. The average Bonchev–Trinajstić information content (AvgIpc) is 2.80. The Morgan fingerprint density at radius 1 is 1.03 bits per heavy atom. The topological polar surface area (TPSA) is 96.0 Å². The van der Waals surface area contributed by atoms with Gasteiger partial charge in [-0.05, 0) is 76.4 Å². The summed E-state index contributed by atoms with van der Waals surface area (Å²) in [6.45, 7) is 10.3. The van der Waals surface area contributed by atoms with Crippen molar-refractivity contribution in [2.75, 3.05) is 23.7 Å². The molecule has 2 rings (SSSR count). The molecule has 0 bridgehead atoms. The van der Waals surface area contributed by atoms with Gasteiger partial charge in [-0.1, -0.05) is 24.3 Å². The Kier molecular flexibility index (Phi) is 10.8. The Morgan fingerprint density at radius 2 is 1.67 bits per heavy atom. The lowest BCUT2D eigenvalue weighted by atomic mass is 10.1. The van der Waals surface area contributed by atoms with Crippen molar-refractivity contribution in [3.8, 4) is 5.75 Å². The largest absolute Gasteiger partial charge is 0.494 e. The normalized spacial score (nSPS) is 12.2. The maximum atomic E-state index is 13.3. The first kappa shape index (κ1) is 29.2. The summed E-state index contributed by atoms with van der Waals surface area (Å²) in [5, 5.41) is 2.88. The Hall–Kier alpha value is -3.07. The number of sulfonamides is 1. The summed E-state index contributed by atoms with van der Waals surface area (Å²) < 4.78 is 31.7. The zero-order valence-electron chi connectivity index (χ0n) is 22.2. The van der Waals surface area contributed by atoms with Gasteiger partial charge in [0.1, 0.15) is 11.8 Å². The number of hydrogen-bond acceptors (Lipinski definition) is 5. The van der Waals surface area contributed by atoms with Gasteiger partial charge in [0.05, 0.1) is 18.6 Å². The van der Waals surface area contributed by atoms with Gasteiger partial charge in [-0.25, -0.2) is 8.42 Å². The van der Waals surface area contributed by atoms with E-state index in [0.717, 1.165) is 17.4 Å². The number of ether oxygens (including phenoxy) is 1. The monoisotopic (exact) mass is 517 g/mol. The van der Waals surface area contributed by atoms with E-state index in [1.165, 1.54) is 4.31 Å². The summed E-state index contributed by atoms with van der Waals surface area (Å²) in [5.41, 5.74) is 2.50. The zero-order valence-corrected chi connectivity index (χ0v) is 23.0. The predicted molar refractivity (Wildman–Crippen MR) is 144 cm³/mol. The molecule has 1 N–H and O–H groups in total. The van der Waals surface area contributed by atoms with Crippen LogP contribution in [0.4, 0.5) is 5.69 Å². The molecule has 2 aromatic rings. The predicted octanol–water partition coefficient (Wildman–Crippen LogP) is 3.88. The van der Waals surface area contributed by atoms with E-state index in [-0.39, 0.29) is 30.8 Å². The first-order valence-electron chi connectivity index (χ1n) is 12.3. The maximum Gasteiger partial charge on any atom is 0.242 e. The Labute approximate surface area is 215 Å². The molecule has 0 unspecified atom stereocenters. The SMILES string of the molecule is CCOc1ccc(N(CCCC(=O)N(Cc2ccccc2C)[C@H](C)C(=O)NC(C)C)S(C)(=O)=O)cc1. The van der Waals surface area contributed by atoms with Crippen LogP contribution in [0.2, 0.25) is 0 Å². The van der Waals surface area contributed by atoms with E-state index in [2.05, 4.69) is 5.32 Å². The Bertz CT molecular complexity index is 1120. The number of rotatable bonds is 13. The van der Waals surface area contributed by atoms with Crippen molar-refractivity contribution in [2.24, 2.45) is 0 Å². The van der Waals surface area contributed by atoms with Crippen molar-refractivity contribution in [3.63, 3.8) is 0 Å². The standard InChI is InChI=1S/C27H39N3O5S/c1-7-35-25-16-14-24(15-17-25)30(36(6,33)34)18-10-13-26(31)29(22(5)27(32)28-20(2)3)19-23-12-9-8-11-21(23)4/h8-9,11-12,14-17,20,22H,7,10,13,18-19H2,1-6H3,(H,28,32)/t22-/m1/s1. The van der Waals surface area contributed by atoms with Crippen molar-refractivity contribution in [2.45, 2.75) is 66.1 Å². The highest BCUT2D eigenvalue weighted by molar-refractivity contribution is 7.92. The van der Waals surface area contributed by atoms with Gasteiger partial charge in [0, 0.05) is 25.6 Å². The van der Waals surface area contributed by atoms with Crippen LogP contribution in [0, 0.1) is 6.92 Å². The van der Waals surface area contributed by atoms with Gasteiger partial charge in [0.15, 0.2) is 0 Å². The highest BCUT2D eigenvalue weighted by atomic mass is 32.2. The van der Waals surface area contributed by atoms with E-state index >= 15 is 0 Å².